The molecule has 1 aliphatic rings. The lowest BCUT2D eigenvalue weighted by Gasteiger charge is -2.37. The number of carbonyl (C=O) groups excluding carboxylic acids is 1. The maximum atomic E-state index is 12.9. The van der Waals surface area contributed by atoms with Crippen LogP contribution >= 0.6 is 0 Å². The summed E-state index contributed by atoms with van der Waals surface area (Å²) in [4.78, 5) is 15.1. The van der Waals surface area contributed by atoms with Crippen molar-refractivity contribution in [3.63, 3.8) is 0 Å². The van der Waals surface area contributed by atoms with E-state index in [1.165, 1.54) is 6.42 Å². The predicted octanol–water partition coefficient (Wildman–Crippen LogP) is 3.01. The Labute approximate surface area is 131 Å². The van der Waals surface area contributed by atoms with E-state index in [-0.39, 0.29) is 11.3 Å². The molecule has 3 rings (SSSR count). The molecule has 0 unspecified atom stereocenters. The zero-order chi connectivity index (χ0) is 15.6. The Morgan fingerprint density at radius 2 is 2.09 bits per heavy atom. The molecule has 5 heteroatoms. The first-order chi connectivity index (χ1) is 10.6. The molecule has 0 spiro atoms. The number of benzene rings is 1. The summed E-state index contributed by atoms with van der Waals surface area (Å²) < 4.78 is 0. The van der Waals surface area contributed by atoms with Crippen molar-refractivity contribution in [1.29, 1.82) is 0 Å². The molecule has 1 saturated carbocycles. The van der Waals surface area contributed by atoms with Crippen LogP contribution in [0, 0.1) is 5.41 Å². The van der Waals surface area contributed by atoms with Gasteiger partial charge in [-0.15, -0.1) is 0 Å². The lowest BCUT2D eigenvalue weighted by atomic mass is 9.73. The quantitative estimate of drug-likeness (QED) is 0.912. The number of fused-ring (bicyclic) bond motifs is 1. The Morgan fingerprint density at radius 3 is 2.82 bits per heavy atom. The Hall–Kier alpha value is -1.88. The van der Waals surface area contributed by atoms with Crippen molar-refractivity contribution in [1.82, 2.24) is 15.1 Å². The van der Waals surface area contributed by atoms with E-state index in [0.29, 0.717) is 0 Å². The summed E-state index contributed by atoms with van der Waals surface area (Å²) in [5.74, 6) is 0.156. The first-order valence-electron chi connectivity index (χ1n) is 7.98. The lowest BCUT2D eigenvalue weighted by Crippen LogP contribution is -2.45. The van der Waals surface area contributed by atoms with Gasteiger partial charge in [0.2, 0.25) is 5.91 Å². The second-order valence-corrected chi connectivity index (χ2v) is 6.70. The summed E-state index contributed by atoms with van der Waals surface area (Å²) in [6, 6.07) is 5.87. The highest BCUT2D eigenvalue weighted by Crippen LogP contribution is 2.38. The molecule has 0 saturated heterocycles. The molecule has 0 bridgehead atoms. The Bertz CT molecular complexity index is 655. The number of nitrogens with zero attached hydrogens (tertiary/aromatic N) is 2. The molecule has 5 nitrogen and oxygen atoms in total. The van der Waals surface area contributed by atoms with Gasteiger partial charge in [0, 0.05) is 17.6 Å². The number of H-pyrrole nitrogens is 1. The number of amides is 1. The van der Waals surface area contributed by atoms with Gasteiger partial charge in [-0.1, -0.05) is 19.3 Å². The fraction of sp³-hybridized carbons (Fsp3) is 0.529. The van der Waals surface area contributed by atoms with Crippen molar-refractivity contribution in [3.05, 3.63) is 24.4 Å². The highest BCUT2D eigenvalue weighted by molar-refractivity contribution is 5.97. The number of hydrogen-bond donors (Lipinski definition) is 2. The van der Waals surface area contributed by atoms with Gasteiger partial charge in [-0.2, -0.15) is 5.10 Å². The molecule has 0 atom stereocenters. The zero-order valence-electron chi connectivity index (χ0n) is 13.4. The van der Waals surface area contributed by atoms with Crippen LogP contribution in [0.5, 0.6) is 0 Å². The van der Waals surface area contributed by atoms with E-state index in [9.17, 15) is 4.79 Å². The number of anilines is 1. The molecule has 2 N–H and O–H groups in total. The Morgan fingerprint density at radius 1 is 1.32 bits per heavy atom. The average Bonchev–Trinajstić information content (AvgIpc) is 2.95. The highest BCUT2D eigenvalue weighted by Gasteiger charge is 2.39. The summed E-state index contributed by atoms with van der Waals surface area (Å²) in [5, 5.41) is 11.1. The molecule has 1 aromatic heterocycles. The van der Waals surface area contributed by atoms with Gasteiger partial charge in [0.15, 0.2) is 0 Å². The fourth-order valence-corrected chi connectivity index (χ4v) is 3.58. The minimum Gasteiger partial charge on any atom is -0.326 e. The molecular formula is C17H24N4O. The number of aromatic amines is 1. The van der Waals surface area contributed by atoms with E-state index < -0.39 is 0 Å². The summed E-state index contributed by atoms with van der Waals surface area (Å²) >= 11 is 0. The Balaban J connectivity index is 1.80. The third kappa shape index (κ3) is 2.99. The normalized spacial score (nSPS) is 17.8. The van der Waals surface area contributed by atoms with Crippen molar-refractivity contribution in [2.75, 3.05) is 26.0 Å². The van der Waals surface area contributed by atoms with Gasteiger partial charge in [-0.05, 0) is 45.1 Å². The maximum absolute atomic E-state index is 12.9. The van der Waals surface area contributed by atoms with Gasteiger partial charge in [-0.25, -0.2) is 0 Å². The first-order valence-corrected chi connectivity index (χ1v) is 7.98. The topological polar surface area (TPSA) is 61.0 Å². The van der Waals surface area contributed by atoms with E-state index in [4.69, 9.17) is 0 Å². The SMILES string of the molecule is CN(C)CC1(C(=O)Nc2ccc3[nH]ncc3c2)CCCCC1. The van der Waals surface area contributed by atoms with Gasteiger partial charge < -0.3 is 10.2 Å². The zero-order valence-corrected chi connectivity index (χ0v) is 13.4. The molecule has 1 aliphatic carbocycles. The van der Waals surface area contributed by atoms with Crippen molar-refractivity contribution in [2.45, 2.75) is 32.1 Å². The minimum atomic E-state index is -0.257. The van der Waals surface area contributed by atoms with Gasteiger partial charge >= 0.3 is 0 Å². The van der Waals surface area contributed by atoms with Crippen LogP contribution in [0.25, 0.3) is 10.9 Å². The van der Waals surface area contributed by atoms with Crippen LogP contribution in [-0.4, -0.2) is 41.6 Å². The van der Waals surface area contributed by atoms with E-state index in [1.54, 1.807) is 6.20 Å². The molecule has 118 valence electrons. The highest BCUT2D eigenvalue weighted by atomic mass is 16.2. The van der Waals surface area contributed by atoms with E-state index >= 15 is 0 Å². The van der Waals surface area contributed by atoms with Crippen LogP contribution in [0.1, 0.15) is 32.1 Å². The first kappa shape index (κ1) is 15.0. The molecule has 1 heterocycles. The van der Waals surface area contributed by atoms with Gasteiger partial charge in [0.05, 0.1) is 17.1 Å². The molecule has 1 amide bonds. The minimum absolute atomic E-state index is 0.156. The van der Waals surface area contributed by atoms with Gasteiger partial charge in [0.1, 0.15) is 0 Å². The lowest BCUT2D eigenvalue weighted by molar-refractivity contribution is -0.128. The predicted molar refractivity (Wildman–Crippen MR) is 88.8 cm³/mol. The van der Waals surface area contributed by atoms with Gasteiger partial charge in [0.25, 0.3) is 0 Å². The second kappa shape index (κ2) is 6.08. The van der Waals surface area contributed by atoms with Crippen LogP contribution in [0.3, 0.4) is 0 Å². The summed E-state index contributed by atoms with van der Waals surface area (Å²) in [6.07, 6.45) is 7.25. The number of nitrogens with one attached hydrogen (secondary N) is 2. The van der Waals surface area contributed by atoms with Gasteiger partial charge in [-0.3, -0.25) is 9.89 Å². The molecule has 22 heavy (non-hydrogen) atoms. The fourth-order valence-electron chi connectivity index (χ4n) is 3.58. The molecular weight excluding hydrogens is 276 g/mol. The van der Waals surface area contributed by atoms with Crippen molar-refractivity contribution < 1.29 is 4.79 Å². The number of aromatic nitrogens is 2. The average molecular weight is 300 g/mol. The van der Waals surface area contributed by atoms with Crippen LogP contribution in [0.2, 0.25) is 0 Å². The van der Waals surface area contributed by atoms with Crippen molar-refractivity contribution in [3.8, 4) is 0 Å². The van der Waals surface area contributed by atoms with Crippen LogP contribution in [0.4, 0.5) is 5.69 Å². The molecule has 0 radical (unpaired) electrons. The monoisotopic (exact) mass is 300 g/mol. The number of hydrogen-bond acceptors (Lipinski definition) is 3. The molecule has 1 fully saturated rings. The summed E-state index contributed by atoms with van der Waals surface area (Å²) in [7, 11) is 4.09. The molecule has 0 aliphatic heterocycles. The standard InChI is InChI=1S/C17H24N4O/c1-21(2)12-17(8-4-3-5-9-17)16(22)19-14-6-7-15-13(10-14)11-18-20-15/h6-7,10-11H,3-5,8-9,12H2,1-2H3,(H,18,20)(H,19,22). The third-order valence-corrected chi connectivity index (χ3v) is 4.61. The van der Waals surface area contributed by atoms with E-state index in [2.05, 4.69) is 20.4 Å². The van der Waals surface area contributed by atoms with Crippen molar-refractivity contribution >= 4 is 22.5 Å². The Kier molecular flexibility index (Phi) is 4.16. The largest absolute Gasteiger partial charge is 0.326 e. The molecule has 2 aromatic rings. The van der Waals surface area contributed by atoms with Crippen LogP contribution in [-0.2, 0) is 4.79 Å². The molecule has 1 aromatic carbocycles. The number of carbonyl (C=O) groups is 1. The number of rotatable bonds is 4. The van der Waals surface area contributed by atoms with Crippen LogP contribution < -0.4 is 5.32 Å². The van der Waals surface area contributed by atoms with Crippen LogP contribution in [0.15, 0.2) is 24.4 Å². The van der Waals surface area contributed by atoms with E-state index in [1.807, 2.05) is 32.3 Å². The summed E-state index contributed by atoms with van der Waals surface area (Å²) in [6.45, 7) is 0.812. The van der Waals surface area contributed by atoms with E-state index in [0.717, 1.165) is 48.8 Å². The smallest absolute Gasteiger partial charge is 0.231 e. The second-order valence-electron chi connectivity index (χ2n) is 6.70. The summed E-state index contributed by atoms with van der Waals surface area (Å²) in [5.41, 5.74) is 1.58. The van der Waals surface area contributed by atoms with Crippen molar-refractivity contribution in [2.24, 2.45) is 5.41 Å². The third-order valence-electron chi connectivity index (χ3n) is 4.61. The maximum Gasteiger partial charge on any atom is 0.231 e.